The summed E-state index contributed by atoms with van der Waals surface area (Å²) in [5.41, 5.74) is 5.67. The van der Waals surface area contributed by atoms with Crippen molar-refractivity contribution in [3.63, 3.8) is 0 Å². The lowest BCUT2D eigenvalue weighted by molar-refractivity contribution is -0.127. The first-order chi connectivity index (χ1) is 17.0. The van der Waals surface area contributed by atoms with Crippen molar-refractivity contribution < 1.29 is 4.79 Å². The molecule has 0 spiro atoms. The second-order valence-corrected chi connectivity index (χ2v) is 9.94. The smallest absolute Gasteiger partial charge is 0.224 e. The molecule has 5 rings (SSSR count). The zero-order chi connectivity index (χ0) is 24.2. The van der Waals surface area contributed by atoms with Gasteiger partial charge in [0.1, 0.15) is 5.82 Å². The molecule has 1 N–H and O–H groups in total. The number of hydrogen-bond donors (Lipinski definition) is 1. The third kappa shape index (κ3) is 5.75. The Kier molecular flexibility index (Phi) is 7.16. The van der Waals surface area contributed by atoms with Crippen LogP contribution >= 0.6 is 11.6 Å². The van der Waals surface area contributed by atoms with Crippen molar-refractivity contribution in [2.75, 3.05) is 13.1 Å². The van der Waals surface area contributed by atoms with Gasteiger partial charge in [-0.2, -0.15) is 0 Å². The van der Waals surface area contributed by atoms with Crippen molar-refractivity contribution in [2.45, 2.75) is 39.4 Å². The highest BCUT2D eigenvalue weighted by molar-refractivity contribution is 6.30. The standard InChI is InChI=1S/C29H31ClN4O/c1-21-8-10-22(11-9-21)17-31-29(35)24-5-4-16-33(19-24)20-28-32-26-6-2-3-7-27(26)34(28)18-23-12-14-25(30)15-13-23/h2-3,6-15,24H,4-5,16-20H2,1H3,(H,31,35)/t24-/m1/s1. The molecule has 0 radical (unpaired) electrons. The van der Waals surface area contributed by atoms with Gasteiger partial charge in [-0.05, 0) is 61.7 Å². The van der Waals surface area contributed by atoms with Crippen LogP contribution in [0.3, 0.4) is 0 Å². The summed E-state index contributed by atoms with van der Waals surface area (Å²) in [4.78, 5) is 20.3. The molecule has 1 aromatic heterocycles. The van der Waals surface area contributed by atoms with Gasteiger partial charge in [0.15, 0.2) is 0 Å². The van der Waals surface area contributed by atoms with E-state index in [9.17, 15) is 4.79 Å². The Morgan fingerprint density at radius 2 is 1.74 bits per heavy atom. The highest BCUT2D eigenvalue weighted by atomic mass is 35.5. The molecule has 0 saturated carbocycles. The van der Waals surface area contributed by atoms with Crippen LogP contribution in [0, 0.1) is 12.8 Å². The topological polar surface area (TPSA) is 50.2 Å². The van der Waals surface area contributed by atoms with Crippen LogP contribution in [0.25, 0.3) is 11.0 Å². The summed E-state index contributed by atoms with van der Waals surface area (Å²) >= 11 is 6.09. The monoisotopic (exact) mass is 486 g/mol. The summed E-state index contributed by atoms with van der Waals surface area (Å²) < 4.78 is 2.29. The van der Waals surface area contributed by atoms with E-state index in [4.69, 9.17) is 16.6 Å². The fourth-order valence-corrected chi connectivity index (χ4v) is 4.97. The van der Waals surface area contributed by atoms with Crippen LogP contribution in [0.5, 0.6) is 0 Å². The number of rotatable bonds is 7. The Morgan fingerprint density at radius 3 is 2.54 bits per heavy atom. The van der Waals surface area contributed by atoms with Gasteiger partial charge in [0.25, 0.3) is 0 Å². The maximum Gasteiger partial charge on any atom is 0.224 e. The highest BCUT2D eigenvalue weighted by Crippen LogP contribution is 2.23. The van der Waals surface area contributed by atoms with Crippen LogP contribution in [-0.4, -0.2) is 33.4 Å². The van der Waals surface area contributed by atoms with Crippen LogP contribution in [0.4, 0.5) is 0 Å². The Balaban J connectivity index is 1.28. The molecular formula is C29H31ClN4O. The molecule has 1 saturated heterocycles. The number of carbonyl (C=O) groups is 1. The number of likely N-dealkylation sites (tertiary alicyclic amines) is 1. The van der Waals surface area contributed by atoms with Crippen molar-refractivity contribution in [3.8, 4) is 0 Å². The number of piperidine rings is 1. The summed E-state index contributed by atoms with van der Waals surface area (Å²) in [6.07, 6.45) is 1.94. The van der Waals surface area contributed by atoms with Crippen LogP contribution in [-0.2, 0) is 24.4 Å². The van der Waals surface area contributed by atoms with Crippen LogP contribution in [0.1, 0.15) is 35.4 Å². The highest BCUT2D eigenvalue weighted by Gasteiger charge is 2.27. The van der Waals surface area contributed by atoms with E-state index in [2.05, 4.69) is 76.3 Å². The third-order valence-electron chi connectivity index (χ3n) is 6.82. The van der Waals surface area contributed by atoms with Crippen molar-refractivity contribution >= 4 is 28.5 Å². The zero-order valence-electron chi connectivity index (χ0n) is 20.1. The number of fused-ring (bicyclic) bond motifs is 1. The molecule has 5 nitrogen and oxygen atoms in total. The first kappa shape index (κ1) is 23.6. The summed E-state index contributed by atoms with van der Waals surface area (Å²) in [6.45, 7) is 5.84. The summed E-state index contributed by atoms with van der Waals surface area (Å²) in [6, 6.07) is 24.6. The van der Waals surface area contributed by atoms with E-state index >= 15 is 0 Å². The Morgan fingerprint density at radius 1 is 1.00 bits per heavy atom. The molecular weight excluding hydrogens is 456 g/mol. The van der Waals surface area contributed by atoms with E-state index in [1.54, 1.807) is 0 Å². The van der Waals surface area contributed by atoms with Gasteiger partial charge < -0.3 is 9.88 Å². The maximum atomic E-state index is 12.9. The van der Waals surface area contributed by atoms with E-state index in [0.717, 1.165) is 66.5 Å². The molecule has 0 bridgehead atoms. The summed E-state index contributed by atoms with van der Waals surface area (Å²) in [5.74, 6) is 1.18. The number of hydrogen-bond acceptors (Lipinski definition) is 3. The number of imidazole rings is 1. The molecule has 2 heterocycles. The number of aromatic nitrogens is 2. The summed E-state index contributed by atoms with van der Waals surface area (Å²) in [5, 5.41) is 3.89. The predicted octanol–water partition coefficient (Wildman–Crippen LogP) is 5.57. The quantitative estimate of drug-likeness (QED) is 0.371. The van der Waals surface area contributed by atoms with E-state index in [-0.39, 0.29) is 11.8 Å². The first-order valence-corrected chi connectivity index (χ1v) is 12.7. The largest absolute Gasteiger partial charge is 0.352 e. The summed E-state index contributed by atoms with van der Waals surface area (Å²) in [7, 11) is 0. The minimum absolute atomic E-state index is 0.00305. The van der Waals surface area contributed by atoms with Crippen molar-refractivity contribution in [1.29, 1.82) is 0 Å². The maximum absolute atomic E-state index is 12.9. The lowest BCUT2D eigenvalue weighted by Crippen LogP contribution is -2.42. The number of amides is 1. The first-order valence-electron chi connectivity index (χ1n) is 12.3. The molecule has 3 aromatic carbocycles. The van der Waals surface area contributed by atoms with Crippen LogP contribution in [0.15, 0.2) is 72.8 Å². The average Bonchev–Trinajstić information content (AvgIpc) is 3.21. The van der Waals surface area contributed by atoms with Gasteiger partial charge in [-0.25, -0.2) is 4.98 Å². The lowest BCUT2D eigenvalue weighted by Gasteiger charge is -2.31. The van der Waals surface area contributed by atoms with Crippen molar-refractivity contribution in [2.24, 2.45) is 5.92 Å². The normalized spacial score (nSPS) is 16.5. The fourth-order valence-electron chi connectivity index (χ4n) is 4.85. The minimum Gasteiger partial charge on any atom is -0.352 e. The number of nitrogens with one attached hydrogen (secondary N) is 1. The molecule has 1 fully saturated rings. The second kappa shape index (κ2) is 10.6. The van der Waals surface area contributed by atoms with Gasteiger partial charge in [-0.3, -0.25) is 9.69 Å². The van der Waals surface area contributed by atoms with Gasteiger partial charge >= 0.3 is 0 Å². The number of carbonyl (C=O) groups excluding carboxylic acids is 1. The number of nitrogens with zero attached hydrogens (tertiary/aromatic N) is 3. The van der Waals surface area contributed by atoms with Gasteiger partial charge in [0.05, 0.1) is 23.5 Å². The molecule has 35 heavy (non-hydrogen) atoms. The van der Waals surface area contributed by atoms with Crippen LogP contribution < -0.4 is 5.32 Å². The number of halogens is 1. The SMILES string of the molecule is Cc1ccc(CNC(=O)[C@@H]2CCCN(Cc3nc4ccccc4n3Cc3ccc(Cl)cc3)C2)cc1. The molecule has 180 valence electrons. The predicted molar refractivity (Wildman–Crippen MR) is 141 cm³/mol. The molecule has 1 amide bonds. The molecule has 0 unspecified atom stereocenters. The van der Waals surface area contributed by atoms with E-state index in [1.807, 2.05) is 18.2 Å². The Labute approximate surface area is 211 Å². The van der Waals surface area contributed by atoms with E-state index in [1.165, 1.54) is 11.1 Å². The molecule has 1 aliphatic heterocycles. The molecule has 1 atom stereocenters. The number of benzene rings is 3. The lowest BCUT2D eigenvalue weighted by atomic mass is 9.97. The minimum atomic E-state index is 0.00305. The molecule has 0 aliphatic carbocycles. The number of para-hydroxylation sites is 2. The van der Waals surface area contributed by atoms with Gasteiger partial charge in [0.2, 0.25) is 5.91 Å². The Bertz CT molecular complexity index is 1300. The average molecular weight is 487 g/mol. The van der Waals surface area contributed by atoms with E-state index < -0.39 is 0 Å². The molecule has 6 heteroatoms. The molecule has 4 aromatic rings. The third-order valence-corrected chi connectivity index (χ3v) is 7.07. The fraction of sp³-hybridized carbons (Fsp3) is 0.310. The van der Waals surface area contributed by atoms with Gasteiger partial charge in [-0.1, -0.05) is 65.7 Å². The number of aryl methyl sites for hydroxylation is 1. The zero-order valence-corrected chi connectivity index (χ0v) is 20.8. The van der Waals surface area contributed by atoms with Gasteiger partial charge in [0, 0.05) is 24.7 Å². The van der Waals surface area contributed by atoms with Gasteiger partial charge in [-0.15, -0.1) is 0 Å². The van der Waals surface area contributed by atoms with Crippen LogP contribution in [0.2, 0.25) is 5.02 Å². The van der Waals surface area contributed by atoms with E-state index in [0.29, 0.717) is 6.54 Å². The Hall–Kier alpha value is -3.15. The van der Waals surface area contributed by atoms with Crippen molar-refractivity contribution in [1.82, 2.24) is 19.8 Å². The van der Waals surface area contributed by atoms with Crippen molar-refractivity contribution in [3.05, 3.63) is 100 Å². The molecule has 1 aliphatic rings. The second-order valence-electron chi connectivity index (χ2n) is 9.51.